The molecule has 0 saturated heterocycles. The predicted octanol–water partition coefficient (Wildman–Crippen LogP) is 2.75. The largest absolute Gasteiger partial charge is 0.445 e. The number of nitrogens with one attached hydrogen (secondary N) is 1. The third-order valence-corrected chi connectivity index (χ3v) is 7.40. The van der Waals surface area contributed by atoms with Crippen LogP contribution < -0.4 is 5.32 Å². The topological polar surface area (TPSA) is 95.9 Å². The number of sulfonamides is 1. The van der Waals surface area contributed by atoms with Crippen LogP contribution in [-0.2, 0) is 27.6 Å². The number of alkyl carbamates (subject to hydrolysis) is 1. The average Bonchev–Trinajstić information content (AvgIpc) is 2.86. The summed E-state index contributed by atoms with van der Waals surface area (Å²) in [6, 6.07) is 15.6. The summed E-state index contributed by atoms with van der Waals surface area (Å²) in [4.78, 5) is 12.4. The summed E-state index contributed by atoms with van der Waals surface area (Å²) in [7, 11) is -3.78. The summed E-state index contributed by atoms with van der Waals surface area (Å²) >= 11 is 0. The Labute approximate surface area is 189 Å². The van der Waals surface area contributed by atoms with E-state index >= 15 is 0 Å². The first-order chi connectivity index (χ1) is 15.3. The van der Waals surface area contributed by atoms with Crippen LogP contribution in [0, 0.1) is 5.92 Å². The number of β-amino-alcohol motifs (C(OH)–C–C–N with tert-alkyl or cyclic N) is 1. The molecule has 0 aromatic heterocycles. The molecule has 1 aliphatic rings. The molecule has 7 nitrogen and oxygen atoms in total. The van der Waals surface area contributed by atoms with Crippen molar-refractivity contribution >= 4 is 16.1 Å². The van der Waals surface area contributed by atoms with Gasteiger partial charge in [-0.05, 0) is 36.0 Å². The van der Waals surface area contributed by atoms with Gasteiger partial charge in [0.1, 0.15) is 6.61 Å². The smallest absolute Gasteiger partial charge is 0.407 e. The highest BCUT2D eigenvalue weighted by atomic mass is 32.2. The van der Waals surface area contributed by atoms with Crippen molar-refractivity contribution in [3.8, 4) is 0 Å². The van der Waals surface area contributed by atoms with E-state index in [1.807, 2.05) is 49.4 Å². The molecule has 0 spiro atoms. The van der Waals surface area contributed by atoms with Gasteiger partial charge in [0.2, 0.25) is 10.0 Å². The summed E-state index contributed by atoms with van der Waals surface area (Å²) in [5.74, 6) is 0.0821. The van der Waals surface area contributed by atoms with Gasteiger partial charge in [0.25, 0.3) is 0 Å². The van der Waals surface area contributed by atoms with Gasteiger partial charge in [-0.3, -0.25) is 0 Å². The fraction of sp³-hybridized carbons (Fsp3) is 0.375. The lowest BCUT2D eigenvalue weighted by molar-refractivity contribution is 0.0919. The van der Waals surface area contributed by atoms with Crippen molar-refractivity contribution < 1.29 is 23.1 Å². The van der Waals surface area contributed by atoms with Gasteiger partial charge in [-0.1, -0.05) is 68.1 Å². The van der Waals surface area contributed by atoms with Crippen molar-refractivity contribution in [2.24, 2.45) is 5.92 Å². The SMILES string of the molecule is C=CCOC(=O)N[C@H](Cc1ccccc1)[C@@H](O)CN1C[C@H](C)Cc2ccccc2S1(=O)=O. The molecule has 0 bridgehead atoms. The summed E-state index contributed by atoms with van der Waals surface area (Å²) in [6.45, 7) is 5.69. The quantitative estimate of drug-likeness (QED) is 0.593. The van der Waals surface area contributed by atoms with Gasteiger partial charge >= 0.3 is 6.09 Å². The molecule has 3 atom stereocenters. The Bertz CT molecular complexity index is 1030. The van der Waals surface area contributed by atoms with Crippen molar-refractivity contribution in [2.75, 3.05) is 19.7 Å². The maximum Gasteiger partial charge on any atom is 0.407 e. The van der Waals surface area contributed by atoms with Crippen LogP contribution in [0.15, 0.2) is 72.1 Å². The zero-order chi connectivity index (χ0) is 23.1. The molecular weight excluding hydrogens is 428 g/mol. The number of nitrogens with zero attached hydrogens (tertiary/aromatic N) is 1. The minimum Gasteiger partial charge on any atom is -0.445 e. The van der Waals surface area contributed by atoms with Gasteiger partial charge in [0, 0.05) is 13.1 Å². The Balaban J connectivity index is 1.82. The molecule has 1 heterocycles. The van der Waals surface area contributed by atoms with Crippen LogP contribution in [0.3, 0.4) is 0 Å². The van der Waals surface area contributed by atoms with E-state index in [0.717, 1.165) is 11.1 Å². The Morgan fingerprint density at radius 3 is 2.66 bits per heavy atom. The maximum absolute atomic E-state index is 13.3. The first-order valence-corrected chi connectivity index (χ1v) is 12.1. The third-order valence-electron chi connectivity index (χ3n) is 5.46. The lowest BCUT2D eigenvalue weighted by Crippen LogP contribution is -2.51. The number of ether oxygens (including phenoxy) is 1. The van der Waals surface area contributed by atoms with E-state index in [2.05, 4.69) is 11.9 Å². The number of rotatable bonds is 8. The van der Waals surface area contributed by atoms with Gasteiger partial charge in [0.15, 0.2) is 0 Å². The third kappa shape index (κ3) is 5.97. The number of amides is 1. The molecule has 172 valence electrons. The molecule has 0 saturated carbocycles. The lowest BCUT2D eigenvalue weighted by Gasteiger charge is -2.29. The minimum absolute atomic E-state index is 0.0365. The van der Waals surface area contributed by atoms with Crippen LogP contribution in [0.1, 0.15) is 18.1 Å². The van der Waals surface area contributed by atoms with Gasteiger partial charge in [0.05, 0.1) is 17.0 Å². The number of aliphatic hydroxyl groups is 1. The second kappa shape index (κ2) is 10.8. The summed E-state index contributed by atoms with van der Waals surface area (Å²) < 4.78 is 33.0. The van der Waals surface area contributed by atoms with E-state index in [1.165, 1.54) is 10.4 Å². The van der Waals surface area contributed by atoms with Crippen LogP contribution in [0.2, 0.25) is 0 Å². The molecule has 2 N–H and O–H groups in total. The van der Waals surface area contributed by atoms with Crippen molar-refractivity contribution in [3.63, 3.8) is 0 Å². The standard InChI is InChI=1S/C24H30N2O5S/c1-3-13-31-24(28)25-21(15-19-9-5-4-6-10-19)22(27)17-26-16-18(2)14-20-11-7-8-12-23(20)32(26,29)30/h3-12,18,21-22,27H,1,13-17H2,2H3,(H,25,28)/t18-,21-,22+/m1/s1. The monoisotopic (exact) mass is 458 g/mol. The highest BCUT2D eigenvalue weighted by molar-refractivity contribution is 7.89. The van der Waals surface area contributed by atoms with Crippen LogP contribution in [-0.4, -0.2) is 55.8 Å². The van der Waals surface area contributed by atoms with E-state index < -0.39 is 28.3 Å². The van der Waals surface area contributed by atoms with Gasteiger partial charge in [-0.25, -0.2) is 13.2 Å². The van der Waals surface area contributed by atoms with Crippen molar-refractivity contribution in [2.45, 2.75) is 36.8 Å². The molecule has 32 heavy (non-hydrogen) atoms. The van der Waals surface area contributed by atoms with Crippen molar-refractivity contribution in [3.05, 3.63) is 78.4 Å². The predicted molar refractivity (Wildman–Crippen MR) is 123 cm³/mol. The van der Waals surface area contributed by atoms with E-state index in [9.17, 15) is 18.3 Å². The van der Waals surface area contributed by atoms with Crippen LogP contribution in [0.25, 0.3) is 0 Å². The molecule has 3 rings (SSSR count). The van der Waals surface area contributed by atoms with Gasteiger partial charge in [-0.2, -0.15) is 4.31 Å². The Kier molecular flexibility index (Phi) is 8.06. The summed E-state index contributed by atoms with van der Waals surface area (Å²) in [6.07, 6.45) is 0.582. The van der Waals surface area contributed by atoms with E-state index in [0.29, 0.717) is 12.8 Å². The number of hydrogen-bond donors (Lipinski definition) is 2. The van der Waals surface area contributed by atoms with Crippen molar-refractivity contribution in [1.82, 2.24) is 9.62 Å². The van der Waals surface area contributed by atoms with E-state index in [1.54, 1.807) is 12.1 Å². The lowest BCUT2D eigenvalue weighted by atomic mass is 10.00. The molecular formula is C24H30N2O5S. The summed E-state index contributed by atoms with van der Waals surface area (Å²) in [5.41, 5.74) is 1.68. The van der Waals surface area contributed by atoms with E-state index in [-0.39, 0.29) is 30.5 Å². The van der Waals surface area contributed by atoms with Crippen molar-refractivity contribution in [1.29, 1.82) is 0 Å². The van der Waals surface area contributed by atoms with Gasteiger partial charge in [-0.15, -0.1) is 0 Å². The second-order valence-electron chi connectivity index (χ2n) is 8.13. The number of carbonyl (C=O) groups excluding carboxylic acids is 1. The molecule has 1 aliphatic heterocycles. The fourth-order valence-electron chi connectivity index (χ4n) is 3.94. The second-order valence-corrected chi connectivity index (χ2v) is 10.0. The minimum atomic E-state index is -3.78. The van der Waals surface area contributed by atoms with E-state index in [4.69, 9.17) is 4.74 Å². The van der Waals surface area contributed by atoms with Gasteiger partial charge < -0.3 is 15.2 Å². The molecule has 0 unspecified atom stereocenters. The molecule has 2 aromatic carbocycles. The zero-order valence-corrected chi connectivity index (χ0v) is 19.0. The average molecular weight is 459 g/mol. The van der Waals surface area contributed by atoms with Crippen LogP contribution in [0.5, 0.6) is 0 Å². The molecule has 8 heteroatoms. The molecule has 1 amide bonds. The van der Waals surface area contributed by atoms with Crippen LogP contribution >= 0.6 is 0 Å². The first-order valence-electron chi connectivity index (χ1n) is 10.7. The fourth-order valence-corrected chi connectivity index (χ4v) is 5.75. The molecule has 0 fully saturated rings. The molecule has 2 aromatic rings. The Hall–Kier alpha value is -2.68. The zero-order valence-electron chi connectivity index (χ0n) is 18.2. The molecule has 0 aliphatic carbocycles. The molecule has 0 radical (unpaired) electrons. The highest BCUT2D eigenvalue weighted by Gasteiger charge is 2.35. The normalized spacial score (nSPS) is 19.8. The Morgan fingerprint density at radius 1 is 1.25 bits per heavy atom. The number of aliphatic hydroxyl groups excluding tert-OH is 1. The summed E-state index contributed by atoms with van der Waals surface area (Å²) in [5, 5.41) is 13.7. The Morgan fingerprint density at radius 2 is 1.94 bits per heavy atom. The first kappa shape index (κ1) is 24.0. The highest BCUT2D eigenvalue weighted by Crippen LogP contribution is 2.28. The number of fused-ring (bicyclic) bond motifs is 1. The number of hydrogen-bond acceptors (Lipinski definition) is 5. The maximum atomic E-state index is 13.3. The number of carbonyl (C=O) groups is 1. The number of benzene rings is 2. The van der Waals surface area contributed by atoms with Crippen LogP contribution in [0.4, 0.5) is 4.79 Å².